The fourth-order valence-corrected chi connectivity index (χ4v) is 6.74. The first kappa shape index (κ1) is 19.4. The van der Waals surface area contributed by atoms with E-state index in [9.17, 15) is 0 Å². The molecule has 1 heterocycles. The molecule has 35 heavy (non-hydrogen) atoms. The molecule has 0 unspecified atom stereocenters. The zero-order valence-corrected chi connectivity index (χ0v) is 20.3. The molecule has 2 heteroatoms. The molecule has 1 aliphatic heterocycles. The zero-order chi connectivity index (χ0) is 23.1. The molecule has 1 nitrogen and oxygen atoms in total. The van der Waals surface area contributed by atoms with E-state index in [1.165, 1.54) is 44.2 Å². The van der Waals surface area contributed by atoms with Crippen molar-refractivity contribution in [3.05, 3.63) is 142 Å². The predicted molar refractivity (Wildman–Crippen MR) is 147 cm³/mol. The van der Waals surface area contributed by atoms with Gasteiger partial charge in [0.1, 0.15) is 11.5 Å². The van der Waals surface area contributed by atoms with Crippen LogP contribution in [0.1, 0.15) is 22.3 Å². The summed E-state index contributed by atoms with van der Waals surface area (Å²) in [5.41, 5.74) is 7.12. The van der Waals surface area contributed by atoms with Crippen LogP contribution in [0, 0.1) is 0 Å². The highest BCUT2D eigenvalue weighted by molar-refractivity contribution is 9.10. The summed E-state index contributed by atoms with van der Waals surface area (Å²) in [6, 6.07) is 41.7. The summed E-state index contributed by atoms with van der Waals surface area (Å²) in [5, 5.41) is 4.66. The first-order valence-electron chi connectivity index (χ1n) is 11.9. The van der Waals surface area contributed by atoms with Crippen LogP contribution >= 0.6 is 15.9 Å². The van der Waals surface area contributed by atoms with Crippen molar-refractivity contribution in [2.45, 2.75) is 5.41 Å². The summed E-state index contributed by atoms with van der Waals surface area (Å²) in [7, 11) is 0. The van der Waals surface area contributed by atoms with E-state index in [-0.39, 0.29) is 0 Å². The third-order valence-electron chi connectivity index (χ3n) is 7.78. The average molecular weight is 511 g/mol. The van der Waals surface area contributed by atoms with Crippen LogP contribution in [0.4, 0.5) is 0 Å². The first-order valence-corrected chi connectivity index (χ1v) is 12.7. The number of halogens is 1. The Hall–Kier alpha value is -3.88. The molecule has 0 saturated heterocycles. The third kappa shape index (κ3) is 2.38. The van der Waals surface area contributed by atoms with Gasteiger partial charge in [-0.1, -0.05) is 119 Å². The summed E-state index contributed by atoms with van der Waals surface area (Å²) < 4.78 is 8.03. The Morgan fingerprint density at radius 3 is 1.71 bits per heavy atom. The van der Waals surface area contributed by atoms with Crippen molar-refractivity contribution in [2.24, 2.45) is 0 Å². The summed E-state index contributed by atoms with van der Waals surface area (Å²) in [6.45, 7) is 0. The molecule has 1 aliphatic carbocycles. The van der Waals surface area contributed by atoms with Crippen molar-refractivity contribution in [2.75, 3.05) is 0 Å². The van der Waals surface area contributed by atoms with Gasteiger partial charge in [-0.25, -0.2) is 0 Å². The van der Waals surface area contributed by atoms with Gasteiger partial charge in [0.15, 0.2) is 0 Å². The van der Waals surface area contributed by atoms with Crippen LogP contribution in [-0.4, -0.2) is 0 Å². The highest BCUT2D eigenvalue weighted by atomic mass is 79.9. The van der Waals surface area contributed by atoms with E-state index < -0.39 is 5.41 Å². The molecule has 1 spiro atoms. The molecule has 0 aromatic heterocycles. The maximum absolute atomic E-state index is 6.94. The molecule has 0 N–H and O–H groups in total. The molecule has 0 amide bonds. The lowest BCUT2D eigenvalue weighted by molar-refractivity contribution is 0.447. The summed E-state index contributed by atoms with van der Waals surface area (Å²) >= 11 is 3.73. The molecule has 0 radical (unpaired) electrons. The molecule has 0 fully saturated rings. The van der Waals surface area contributed by atoms with Crippen molar-refractivity contribution >= 4 is 37.5 Å². The zero-order valence-electron chi connectivity index (χ0n) is 18.8. The van der Waals surface area contributed by atoms with E-state index >= 15 is 0 Å². The van der Waals surface area contributed by atoms with Gasteiger partial charge in [0.05, 0.1) is 5.41 Å². The van der Waals surface area contributed by atoms with Gasteiger partial charge in [-0.05, 0) is 45.2 Å². The SMILES string of the molecule is Brc1ccc2c(c1)-c1ccccc1C21c2ccc3ccccc3c2Oc2c1ccc1ccccc21. The summed E-state index contributed by atoms with van der Waals surface area (Å²) in [6.07, 6.45) is 0. The normalized spacial score (nSPS) is 14.3. The minimum atomic E-state index is -0.455. The Bertz CT molecular complexity index is 1760. The average Bonchev–Trinajstić information content (AvgIpc) is 3.19. The van der Waals surface area contributed by atoms with Crippen molar-refractivity contribution in [3.63, 3.8) is 0 Å². The smallest absolute Gasteiger partial charge is 0.140 e. The second-order valence-corrected chi connectivity index (χ2v) is 10.3. The Morgan fingerprint density at radius 1 is 0.486 bits per heavy atom. The maximum Gasteiger partial charge on any atom is 0.140 e. The van der Waals surface area contributed by atoms with Crippen LogP contribution in [0.15, 0.2) is 120 Å². The van der Waals surface area contributed by atoms with Crippen LogP contribution in [0.3, 0.4) is 0 Å². The maximum atomic E-state index is 6.94. The molecule has 6 aromatic carbocycles. The van der Waals surface area contributed by atoms with Crippen molar-refractivity contribution in [1.29, 1.82) is 0 Å². The van der Waals surface area contributed by atoms with Gasteiger partial charge in [0.2, 0.25) is 0 Å². The lowest BCUT2D eigenvalue weighted by Gasteiger charge is -2.40. The molecule has 8 rings (SSSR count). The molecule has 164 valence electrons. The van der Waals surface area contributed by atoms with Crippen molar-refractivity contribution < 1.29 is 4.74 Å². The van der Waals surface area contributed by atoms with E-state index in [2.05, 4.69) is 131 Å². The van der Waals surface area contributed by atoms with Crippen LogP contribution in [0.2, 0.25) is 0 Å². The van der Waals surface area contributed by atoms with Crippen molar-refractivity contribution in [1.82, 2.24) is 0 Å². The monoisotopic (exact) mass is 510 g/mol. The minimum Gasteiger partial charge on any atom is -0.455 e. The third-order valence-corrected chi connectivity index (χ3v) is 8.27. The second-order valence-electron chi connectivity index (χ2n) is 9.41. The van der Waals surface area contributed by atoms with E-state index in [4.69, 9.17) is 4.74 Å². The van der Waals surface area contributed by atoms with Gasteiger partial charge in [0, 0.05) is 26.4 Å². The van der Waals surface area contributed by atoms with Gasteiger partial charge >= 0.3 is 0 Å². The quantitative estimate of drug-likeness (QED) is 0.197. The molecular weight excluding hydrogens is 492 g/mol. The van der Waals surface area contributed by atoms with Gasteiger partial charge in [-0.2, -0.15) is 0 Å². The molecule has 6 aromatic rings. The van der Waals surface area contributed by atoms with Gasteiger partial charge in [-0.3, -0.25) is 0 Å². The first-order chi connectivity index (χ1) is 17.3. The Labute approximate surface area is 211 Å². The van der Waals surface area contributed by atoms with Gasteiger partial charge < -0.3 is 4.74 Å². The summed E-state index contributed by atoms with van der Waals surface area (Å²) in [4.78, 5) is 0. The highest BCUT2D eigenvalue weighted by Crippen LogP contribution is 2.63. The van der Waals surface area contributed by atoms with E-state index in [0.29, 0.717) is 0 Å². The Balaban J connectivity index is 1.63. The van der Waals surface area contributed by atoms with Crippen LogP contribution < -0.4 is 4.74 Å². The van der Waals surface area contributed by atoms with Crippen molar-refractivity contribution in [3.8, 4) is 22.6 Å². The van der Waals surface area contributed by atoms with Gasteiger partial charge in [-0.15, -0.1) is 0 Å². The topological polar surface area (TPSA) is 9.23 Å². The number of rotatable bonds is 0. The van der Waals surface area contributed by atoms with Crippen LogP contribution in [0.25, 0.3) is 32.7 Å². The fraction of sp³-hybridized carbons (Fsp3) is 0.0303. The predicted octanol–water partition coefficient (Wildman–Crippen LogP) is 9.22. The molecule has 2 aliphatic rings. The molecule has 0 bridgehead atoms. The fourth-order valence-electron chi connectivity index (χ4n) is 6.38. The van der Waals surface area contributed by atoms with Gasteiger partial charge in [0.25, 0.3) is 0 Å². The lowest BCUT2D eigenvalue weighted by Crippen LogP contribution is -2.32. The number of benzene rings is 6. The molecule has 0 saturated carbocycles. The number of ether oxygens (including phenoxy) is 1. The molecule has 0 atom stereocenters. The lowest BCUT2D eigenvalue weighted by atomic mass is 9.65. The summed E-state index contributed by atoms with van der Waals surface area (Å²) in [5.74, 6) is 1.91. The highest BCUT2D eigenvalue weighted by Gasteiger charge is 2.51. The Kier molecular flexibility index (Phi) is 3.80. The van der Waals surface area contributed by atoms with E-state index in [1.807, 2.05) is 0 Å². The number of fused-ring (bicyclic) bond motifs is 13. The van der Waals surface area contributed by atoms with Crippen LogP contribution in [-0.2, 0) is 5.41 Å². The number of hydrogen-bond donors (Lipinski definition) is 0. The largest absolute Gasteiger partial charge is 0.455 e. The standard InChI is InChI=1S/C33H19BrO/c34-22-15-18-28-26(19-22)25-11-5-6-12-27(25)33(28)29-16-13-20-7-1-3-9-23(20)31(29)35-32-24-10-4-2-8-21(24)14-17-30(32)33/h1-19H. The Morgan fingerprint density at radius 2 is 1.03 bits per heavy atom. The van der Waals surface area contributed by atoms with Crippen LogP contribution in [0.5, 0.6) is 11.5 Å². The number of hydrogen-bond acceptors (Lipinski definition) is 1. The second kappa shape index (κ2) is 6.84. The van der Waals surface area contributed by atoms with E-state index in [0.717, 1.165) is 26.7 Å². The molecular formula is C33H19BrO. The van der Waals surface area contributed by atoms with E-state index in [1.54, 1.807) is 0 Å². The minimum absolute atomic E-state index is 0.455.